The molecule has 0 saturated heterocycles. The van der Waals surface area contributed by atoms with Crippen LogP contribution >= 0.6 is 0 Å². The molecule has 4 rings (SSSR count). The summed E-state index contributed by atoms with van der Waals surface area (Å²) in [5, 5.41) is 8.06. The molecule has 3 N–H and O–H groups in total. The molecule has 1 amide bonds. The van der Waals surface area contributed by atoms with Crippen LogP contribution in [0.2, 0.25) is 0 Å². The van der Waals surface area contributed by atoms with Crippen LogP contribution in [-0.2, 0) is 4.74 Å². The van der Waals surface area contributed by atoms with Gasteiger partial charge in [0, 0.05) is 23.3 Å². The lowest BCUT2D eigenvalue weighted by molar-refractivity contribution is 0.0595. The SMILES string of the molecule is COC(=O)c1ccc(Nc2ncc(F)c(Nc3ccc(NC(=O)c4ccncc4F)cc3)n2)cc1F. The van der Waals surface area contributed by atoms with Crippen LogP contribution < -0.4 is 16.0 Å². The first-order chi connectivity index (χ1) is 17.3. The standard InChI is InChI=1S/C24H17F3N6O3/c1-36-23(35)17-7-6-15(10-18(17)25)32-24-29-12-20(27)21(33-24)30-13-2-4-14(5-3-13)31-22(34)16-8-9-28-11-19(16)26/h2-12H,1H3,(H,31,34)(H2,29,30,32,33). The topological polar surface area (TPSA) is 118 Å². The van der Waals surface area contributed by atoms with Crippen molar-refractivity contribution in [2.45, 2.75) is 0 Å². The van der Waals surface area contributed by atoms with E-state index in [2.05, 4.69) is 35.6 Å². The van der Waals surface area contributed by atoms with Crippen LogP contribution in [0.15, 0.2) is 67.1 Å². The van der Waals surface area contributed by atoms with Crippen LogP contribution in [0.1, 0.15) is 20.7 Å². The Kier molecular flexibility index (Phi) is 7.04. The second-order valence-corrected chi connectivity index (χ2v) is 7.21. The van der Waals surface area contributed by atoms with E-state index in [1.807, 2.05) is 0 Å². The zero-order valence-electron chi connectivity index (χ0n) is 18.6. The number of pyridine rings is 1. The summed E-state index contributed by atoms with van der Waals surface area (Å²) in [6.45, 7) is 0. The number of anilines is 5. The molecule has 0 aliphatic heterocycles. The normalized spacial score (nSPS) is 10.4. The Morgan fingerprint density at radius 3 is 2.22 bits per heavy atom. The molecule has 12 heteroatoms. The molecule has 0 fully saturated rings. The molecule has 0 bridgehead atoms. The maximum absolute atomic E-state index is 14.3. The van der Waals surface area contributed by atoms with E-state index in [9.17, 15) is 22.8 Å². The molecule has 0 spiro atoms. The number of ether oxygens (including phenoxy) is 1. The number of hydrogen-bond acceptors (Lipinski definition) is 8. The lowest BCUT2D eigenvalue weighted by Gasteiger charge is -2.11. The Hall–Kier alpha value is -5.00. The maximum Gasteiger partial charge on any atom is 0.340 e. The van der Waals surface area contributed by atoms with E-state index in [4.69, 9.17) is 0 Å². The number of carbonyl (C=O) groups excluding carboxylic acids is 2. The van der Waals surface area contributed by atoms with Crippen molar-refractivity contribution < 1.29 is 27.5 Å². The number of benzene rings is 2. The molecule has 0 radical (unpaired) electrons. The molecule has 2 aromatic heterocycles. The van der Waals surface area contributed by atoms with E-state index in [1.54, 1.807) is 12.1 Å². The van der Waals surface area contributed by atoms with Crippen molar-refractivity contribution in [3.05, 3.63) is 95.7 Å². The second-order valence-electron chi connectivity index (χ2n) is 7.21. The predicted octanol–water partition coefficient (Wildman–Crippen LogP) is 4.82. The summed E-state index contributed by atoms with van der Waals surface area (Å²) in [6.07, 6.45) is 3.17. The van der Waals surface area contributed by atoms with Gasteiger partial charge in [-0.1, -0.05) is 0 Å². The average Bonchev–Trinajstić information content (AvgIpc) is 2.87. The third-order valence-electron chi connectivity index (χ3n) is 4.80. The Bertz CT molecular complexity index is 1430. The van der Waals surface area contributed by atoms with Gasteiger partial charge in [0.1, 0.15) is 5.82 Å². The minimum absolute atomic E-state index is 0.0348. The van der Waals surface area contributed by atoms with E-state index in [0.29, 0.717) is 11.4 Å². The quantitative estimate of drug-likeness (QED) is 0.313. The first kappa shape index (κ1) is 24.1. The summed E-state index contributed by atoms with van der Waals surface area (Å²) < 4.78 is 46.7. The molecular weight excluding hydrogens is 477 g/mol. The van der Waals surface area contributed by atoms with E-state index in [1.165, 1.54) is 36.5 Å². The summed E-state index contributed by atoms with van der Waals surface area (Å²) >= 11 is 0. The van der Waals surface area contributed by atoms with Crippen LogP contribution in [0.25, 0.3) is 0 Å². The molecule has 0 aliphatic carbocycles. The van der Waals surface area contributed by atoms with Crippen molar-refractivity contribution in [1.82, 2.24) is 15.0 Å². The predicted molar refractivity (Wildman–Crippen MR) is 125 cm³/mol. The number of nitrogens with one attached hydrogen (secondary N) is 3. The smallest absolute Gasteiger partial charge is 0.340 e. The van der Waals surface area contributed by atoms with E-state index >= 15 is 0 Å². The Morgan fingerprint density at radius 1 is 0.806 bits per heavy atom. The van der Waals surface area contributed by atoms with Gasteiger partial charge in [-0.2, -0.15) is 4.98 Å². The van der Waals surface area contributed by atoms with Gasteiger partial charge in [-0.25, -0.2) is 22.9 Å². The largest absolute Gasteiger partial charge is 0.465 e. The van der Waals surface area contributed by atoms with Gasteiger partial charge in [0.05, 0.1) is 30.6 Å². The van der Waals surface area contributed by atoms with Crippen LogP contribution in [0.5, 0.6) is 0 Å². The molecule has 2 heterocycles. The molecule has 0 saturated carbocycles. The Labute approximate surface area is 202 Å². The minimum atomic E-state index is -0.821. The third kappa shape index (κ3) is 5.55. The fourth-order valence-corrected chi connectivity index (χ4v) is 3.04. The fourth-order valence-electron chi connectivity index (χ4n) is 3.04. The number of methoxy groups -OCH3 is 1. The molecule has 0 unspecified atom stereocenters. The summed E-state index contributed by atoms with van der Waals surface area (Å²) in [5.41, 5.74) is 0.638. The van der Waals surface area contributed by atoms with Crippen LogP contribution in [-0.4, -0.2) is 33.9 Å². The van der Waals surface area contributed by atoms with Crippen LogP contribution in [0, 0.1) is 17.5 Å². The Morgan fingerprint density at radius 2 is 1.53 bits per heavy atom. The van der Waals surface area contributed by atoms with Crippen LogP contribution in [0.3, 0.4) is 0 Å². The van der Waals surface area contributed by atoms with Gasteiger partial charge in [-0.15, -0.1) is 0 Å². The molecule has 9 nitrogen and oxygen atoms in total. The summed E-state index contributed by atoms with van der Waals surface area (Å²) in [4.78, 5) is 35.2. The van der Waals surface area contributed by atoms with Crippen molar-refractivity contribution in [2.24, 2.45) is 0 Å². The number of hydrogen-bond donors (Lipinski definition) is 3. The highest BCUT2D eigenvalue weighted by Crippen LogP contribution is 2.23. The minimum Gasteiger partial charge on any atom is -0.465 e. The van der Waals surface area contributed by atoms with Crippen molar-refractivity contribution >= 4 is 40.7 Å². The average molecular weight is 494 g/mol. The monoisotopic (exact) mass is 494 g/mol. The highest BCUT2D eigenvalue weighted by atomic mass is 19.1. The lowest BCUT2D eigenvalue weighted by atomic mass is 10.2. The van der Waals surface area contributed by atoms with Gasteiger partial charge < -0.3 is 20.7 Å². The molecular formula is C24H17F3N6O3. The third-order valence-corrected chi connectivity index (χ3v) is 4.80. The van der Waals surface area contributed by atoms with Crippen LogP contribution in [0.4, 0.5) is 42.0 Å². The number of carbonyl (C=O) groups is 2. The second kappa shape index (κ2) is 10.5. The van der Waals surface area contributed by atoms with E-state index in [0.717, 1.165) is 25.6 Å². The fraction of sp³-hybridized carbons (Fsp3) is 0.0417. The van der Waals surface area contributed by atoms with E-state index in [-0.39, 0.29) is 28.6 Å². The number of rotatable bonds is 7. The molecule has 36 heavy (non-hydrogen) atoms. The first-order valence-electron chi connectivity index (χ1n) is 10.3. The molecule has 4 aromatic rings. The molecule has 182 valence electrons. The molecule has 0 aliphatic rings. The van der Waals surface area contributed by atoms with Gasteiger partial charge in [0.25, 0.3) is 5.91 Å². The maximum atomic E-state index is 14.3. The first-order valence-corrected chi connectivity index (χ1v) is 10.3. The van der Waals surface area contributed by atoms with Crippen molar-refractivity contribution in [3.8, 4) is 0 Å². The lowest BCUT2D eigenvalue weighted by Crippen LogP contribution is -2.13. The number of aromatic nitrogens is 3. The highest BCUT2D eigenvalue weighted by Gasteiger charge is 2.14. The molecule has 2 aromatic carbocycles. The van der Waals surface area contributed by atoms with Gasteiger partial charge in [-0.3, -0.25) is 9.78 Å². The summed E-state index contributed by atoms with van der Waals surface area (Å²) in [7, 11) is 1.14. The van der Waals surface area contributed by atoms with Gasteiger partial charge in [0.2, 0.25) is 5.95 Å². The zero-order chi connectivity index (χ0) is 25.7. The van der Waals surface area contributed by atoms with Gasteiger partial charge >= 0.3 is 5.97 Å². The van der Waals surface area contributed by atoms with E-state index < -0.39 is 29.3 Å². The number of amides is 1. The molecule has 0 atom stereocenters. The zero-order valence-corrected chi connectivity index (χ0v) is 18.6. The van der Waals surface area contributed by atoms with Gasteiger partial charge in [0.15, 0.2) is 17.5 Å². The number of nitrogens with zero attached hydrogens (tertiary/aromatic N) is 3. The summed E-state index contributed by atoms with van der Waals surface area (Å²) in [6, 6.07) is 11.1. The van der Waals surface area contributed by atoms with Gasteiger partial charge in [-0.05, 0) is 48.5 Å². The number of halogens is 3. The van der Waals surface area contributed by atoms with Crippen molar-refractivity contribution in [1.29, 1.82) is 0 Å². The Balaban J connectivity index is 1.44. The van der Waals surface area contributed by atoms with Crippen molar-refractivity contribution in [3.63, 3.8) is 0 Å². The summed E-state index contributed by atoms with van der Waals surface area (Å²) in [5.74, 6) is -3.99. The number of esters is 1. The van der Waals surface area contributed by atoms with Crippen molar-refractivity contribution in [2.75, 3.05) is 23.1 Å². The highest BCUT2D eigenvalue weighted by molar-refractivity contribution is 6.04.